The minimum Gasteiger partial charge on any atom is -0.395 e. The number of aliphatic hydroxyl groups is 1. The van der Waals surface area contributed by atoms with E-state index in [0.717, 1.165) is 17.1 Å². The van der Waals surface area contributed by atoms with Crippen LogP contribution in [0, 0.1) is 5.92 Å². The standard InChI is InChI=1S/C13H18N2OS/c1-9(2)11(8-16)14-7-13-15-10-5-3-4-6-12(10)17-13/h3-6,9,11,14,16H,7-8H2,1-2H3/t11-/m1/s1. The molecule has 0 aliphatic carbocycles. The zero-order valence-corrected chi connectivity index (χ0v) is 11.0. The predicted molar refractivity (Wildman–Crippen MR) is 72.2 cm³/mol. The van der Waals surface area contributed by atoms with Crippen molar-refractivity contribution >= 4 is 21.6 Å². The largest absolute Gasteiger partial charge is 0.395 e. The Morgan fingerprint density at radius 2 is 2.12 bits per heavy atom. The SMILES string of the molecule is CC(C)[C@@H](CO)NCc1nc2ccccc2s1. The van der Waals surface area contributed by atoms with Crippen molar-refractivity contribution in [2.24, 2.45) is 5.92 Å². The van der Waals surface area contributed by atoms with E-state index in [0.29, 0.717) is 5.92 Å². The molecule has 0 aliphatic rings. The minimum absolute atomic E-state index is 0.141. The second-order valence-electron chi connectivity index (χ2n) is 4.49. The van der Waals surface area contributed by atoms with Crippen LogP contribution in [0.25, 0.3) is 10.2 Å². The van der Waals surface area contributed by atoms with Crippen molar-refractivity contribution in [3.05, 3.63) is 29.3 Å². The molecule has 3 nitrogen and oxygen atoms in total. The Morgan fingerprint density at radius 3 is 2.76 bits per heavy atom. The van der Waals surface area contributed by atoms with E-state index in [2.05, 4.69) is 30.2 Å². The smallest absolute Gasteiger partial charge is 0.108 e. The lowest BCUT2D eigenvalue weighted by Crippen LogP contribution is -2.36. The molecule has 1 aromatic heterocycles. The molecule has 2 aromatic rings. The molecule has 92 valence electrons. The van der Waals surface area contributed by atoms with Gasteiger partial charge in [-0.05, 0) is 18.1 Å². The molecule has 0 saturated heterocycles. The maximum Gasteiger partial charge on any atom is 0.108 e. The van der Waals surface area contributed by atoms with Crippen molar-refractivity contribution < 1.29 is 5.11 Å². The summed E-state index contributed by atoms with van der Waals surface area (Å²) in [5.74, 6) is 0.425. The van der Waals surface area contributed by atoms with Crippen molar-refractivity contribution in [3.63, 3.8) is 0 Å². The average Bonchev–Trinajstić information content (AvgIpc) is 2.71. The molecule has 0 radical (unpaired) electrons. The van der Waals surface area contributed by atoms with Gasteiger partial charge >= 0.3 is 0 Å². The molecule has 1 heterocycles. The van der Waals surface area contributed by atoms with Gasteiger partial charge in [0.2, 0.25) is 0 Å². The first-order valence-electron chi connectivity index (χ1n) is 5.89. The Morgan fingerprint density at radius 1 is 1.35 bits per heavy atom. The van der Waals surface area contributed by atoms with Gasteiger partial charge < -0.3 is 10.4 Å². The Kier molecular flexibility index (Phi) is 4.10. The van der Waals surface area contributed by atoms with Crippen LogP contribution in [0.5, 0.6) is 0 Å². The maximum atomic E-state index is 9.23. The zero-order valence-electron chi connectivity index (χ0n) is 10.2. The number of fused-ring (bicyclic) bond motifs is 1. The molecule has 1 atom stereocenters. The highest BCUT2D eigenvalue weighted by Crippen LogP contribution is 2.21. The summed E-state index contributed by atoms with van der Waals surface area (Å²) in [5.41, 5.74) is 1.05. The number of para-hydroxylation sites is 1. The monoisotopic (exact) mass is 250 g/mol. The van der Waals surface area contributed by atoms with Crippen LogP contribution in [-0.4, -0.2) is 22.7 Å². The quantitative estimate of drug-likeness (QED) is 0.856. The number of rotatable bonds is 5. The summed E-state index contributed by atoms with van der Waals surface area (Å²) in [6, 6.07) is 8.29. The lowest BCUT2D eigenvalue weighted by Gasteiger charge is -2.18. The van der Waals surface area contributed by atoms with Gasteiger partial charge in [-0.3, -0.25) is 0 Å². The molecule has 2 rings (SSSR count). The van der Waals surface area contributed by atoms with Crippen LogP contribution in [0.3, 0.4) is 0 Å². The molecule has 4 heteroatoms. The van der Waals surface area contributed by atoms with Gasteiger partial charge in [0, 0.05) is 12.6 Å². The lowest BCUT2D eigenvalue weighted by atomic mass is 10.1. The van der Waals surface area contributed by atoms with Crippen LogP contribution in [0.15, 0.2) is 24.3 Å². The molecule has 0 bridgehead atoms. The number of nitrogens with one attached hydrogen (secondary N) is 1. The third kappa shape index (κ3) is 3.03. The van der Waals surface area contributed by atoms with E-state index in [1.54, 1.807) is 11.3 Å². The zero-order chi connectivity index (χ0) is 12.3. The summed E-state index contributed by atoms with van der Waals surface area (Å²) in [6.45, 7) is 5.10. The fourth-order valence-electron chi connectivity index (χ4n) is 1.73. The van der Waals surface area contributed by atoms with Gasteiger partial charge in [-0.25, -0.2) is 4.98 Å². The number of nitrogens with zero attached hydrogens (tertiary/aromatic N) is 1. The molecular formula is C13H18N2OS. The van der Waals surface area contributed by atoms with E-state index >= 15 is 0 Å². The van der Waals surface area contributed by atoms with Crippen molar-refractivity contribution in [1.82, 2.24) is 10.3 Å². The number of benzene rings is 1. The third-order valence-electron chi connectivity index (χ3n) is 2.86. The molecule has 0 spiro atoms. The number of thiazole rings is 1. The molecule has 17 heavy (non-hydrogen) atoms. The molecule has 0 unspecified atom stereocenters. The molecule has 0 aliphatic heterocycles. The van der Waals surface area contributed by atoms with Gasteiger partial charge in [0.05, 0.1) is 16.8 Å². The second-order valence-corrected chi connectivity index (χ2v) is 5.60. The molecular weight excluding hydrogens is 232 g/mol. The number of hydrogen-bond donors (Lipinski definition) is 2. The first kappa shape index (κ1) is 12.5. The van der Waals surface area contributed by atoms with E-state index in [1.165, 1.54) is 4.70 Å². The Hall–Kier alpha value is -0.970. The van der Waals surface area contributed by atoms with Crippen LogP contribution in [0.4, 0.5) is 0 Å². The molecule has 1 aromatic carbocycles. The van der Waals surface area contributed by atoms with Crippen molar-refractivity contribution in [3.8, 4) is 0 Å². The Balaban J connectivity index is 2.03. The van der Waals surface area contributed by atoms with Gasteiger partial charge in [-0.15, -0.1) is 11.3 Å². The normalized spacial score (nSPS) is 13.4. The van der Waals surface area contributed by atoms with Gasteiger partial charge in [0.1, 0.15) is 5.01 Å². The molecule has 0 fully saturated rings. The van der Waals surface area contributed by atoms with E-state index in [-0.39, 0.29) is 12.6 Å². The van der Waals surface area contributed by atoms with Crippen molar-refractivity contribution in [2.45, 2.75) is 26.4 Å². The summed E-state index contributed by atoms with van der Waals surface area (Å²) in [4.78, 5) is 4.55. The topological polar surface area (TPSA) is 45.1 Å². The maximum absolute atomic E-state index is 9.23. The first-order chi connectivity index (χ1) is 8.20. The highest BCUT2D eigenvalue weighted by Gasteiger charge is 2.12. The van der Waals surface area contributed by atoms with Crippen LogP contribution >= 0.6 is 11.3 Å². The summed E-state index contributed by atoms with van der Waals surface area (Å²) in [5, 5.41) is 13.7. The summed E-state index contributed by atoms with van der Waals surface area (Å²) in [7, 11) is 0. The van der Waals surface area contributed by atoms with Crippen LogP contribution in [0.2, 0.25) is 0 Å². The van der Waals surface area contributed by atoms with Gasteiger partial charge in [-0.2, -0.15) is 0 Å². The van der Waals surface area contributed by atoms with Crippen molar-refractivity contribution in [1.29, 1.82) is 0 Å². The highest BCUT2D eigenvalue weighted by molar-refractivity contribution is 7.18. The van der Waals surface area contributed by atoms with Crippen LogP contribution < -0.4 is 5.32 Å². The fraction of sp³-hybridized carbons (Fsp3) is 0.462. The number of aromatic nitrogens is 1. The average molecular weight is 250 g/mol. The molecule has 0 amide bonds. The molecule has 0 saturated carbocycles. The van der Waals surface area contributed by atoms with Crippen LogP contribution in [0.1, 0.15) is 18.9 Å². The van der Waals surface area contributed by atoms with E-state index in [9.17, 15) is 5.11 Å². The Labute approximate surface area is 106 Å². The summed E-state index contributed by atoms with van der Waals surface area (Å²) >= 11 is 1.71. The lowest BCUT2D eigenvalue weighted by molar-refractivity contribution is 0.210. The fourth-order valence-corrected chi connectivity index (χ4v) is 2.64. The first-order valence-corrected chi connectivity index (χ1v) is 6.71. The minimum atomic E-state index is 0.141. The third-order valence-corrected chi connectivity index (χ3v) is 3.89. The summed E-state index contributed by atoms with van der Waals surface area (Å²) < 4.78 is 1.22. The van der Waals surface area contributed by atoms with Gasteiger partial charge in [-0.1, -0.05) is 26.0 Å². The second kappa shape index (κ2) is 5.58. The Bertz CT molecular complexity index is 448. The number of hydrogen-bond acceptors (Lipinski definition) is 4. The highest BCUT2D eigenvalue weighted by atomic mass is 32.1. The predicted octanol–water partition coefficient (Wildman–Crippen LogP) is 2.40. The number of aliphatic hydroxyl groups excluding tert-OH is 1. The van der Waals surface area contributed by atoms with Crippen LogP contribution in [-0.2, 0) is 6.54 Å². The molecule has 2 N–H and O–H groups in total. The van der Waals surface area contributed by atoms with E-state index < -0.39 is 0 Å². The van der Waals surface area contributed by atoms with Gasteiger partial charge in [0.15, 0.2) is 0 Å². The van der Waals surface area contributed by atoms with E-state index in [1.807, 2.05) is 18.2 Å². The van der Waals surface area contributed by atoms with Crippen molar-refractivity contribution in [2.75, 3.05) is 6.61 Å². The van der Waals surface area contributed by atoms with E-state index in [4.69, 9.17) is 0 Å². The summed E-state index contributed by atoms with van der Waals surface area (Å²) in [6.07, 6.45) is 0. The van der Waals surface area contributed by atoms with Gasteiger partial charge in [0.25, 0.3) is 0 Å².